The van der Waals surface area contributed by atoms with Gasteiger partial charge in [-0.3, -0.25) is 14.1 Å². The molecule has 0 bridgehead atoms. The fourth-order valence-electron chi connectivity index (χ4n) is 6.23. The minimum atomic E-state index is -4.05. The zero-order chi connectivity index (χ0) is 34.7. The standard InChI is InChI=1S/C33H44ClN7O6S/c1-47-27-15-11-24(12-16-27)7-3-19-41(20-4-8-26(22-41)38-33(43)28-30(35)40-31(36)29(34)39-28)18-2-6-23-9-13-25(14-10-23)32(42)37-17-5-21-48(44,45)46/h9-16,26H,2-8,17-22H2,1H3,(H6-,35,36,37,38,40,42,43,44,45,46)/p+1. The Balaban J connectivity index is 1.38. The molecule has 0 aliphatic carbocycles. The molecule has 13 nitrogen and oxygen atoms in total. The number of carbonyl (C=O) groups excluding carboxylic acids is 2. The Labute approximate surface area is 286 Å². The van der Waals surface area contributed by atoms with E-state index < -0.39 is 21.8 Å². The summed E-state index contributed by atoms with van der Waals surface area (Å²) in [6, 6.07) is 15.4. The molecule has 2 aromatic carbocycles. The van der Waals surface area contributed by atoms with Gasteiger partial charge in [0, 0.05) is 24.9 Å². The van der Waals surface area contributed by atoms with Crippen LogP contribution in [-0.2, 0) is 23.0 Å². The lowest BCUT2D eigenvalue weighted by molar-refractivity contribution is -0.933. The number of piperidine rings is 1. The molecule has 1 aromatic heterocycles. The second-order valence-corrected chi connectivity index (χ2v) is 14.2. The number of aromatic nitrogens is 2. The van der Waals surface area contributed by atoms with Crippen LogP contribution in [0.25, 0.3) is 0 Å². The zero-order valence-corrected chi connectivity index (χ0v) is 28.7. The van der Waals surface area contributed by atoms with Crippen LogP contribution in [0.3, 0.4) is 0 Å². The predicted molar refractivity (Wildman–Crippen MR) is 186 cm³/mol. The van der Waals surface area contributed by atoms with Gasteiger partial charge in [0.05, 0.1) is 45.1 Å². The van der Waals surface area contributed by atoms with Crippen molar-refractivity contribution in [3.63, 3.8) is 0 Å². The summed E-state index contributed by atoms with van der Waals surface area (Å²) in [4.78, 5) is 33.6. The van der Waals surface area contributed by atoms with E-state index in [0.717, 1.165) is 80.5 Å². The Morgan fingerprint density at radius 2 is 1.58 bits per heavy atom. The molecule has 1 fully saturated rings. The van der Waals surface area contributed by atoms with Crippen molar-refractivity contribution in [3.05, 3.63) is 76.1 Å². The Morgan fingerprint density at radius 3 is 2.19 bits per heavy atom. The van der Waals surface area contributed by atoms with Gasteiger partial charge in [0.15, 0.2) is 22.5 Å². The smallest absolute Gasteiger partial charge is 0.274 e. The van der Waals surface area contributed by atoms with E-state index in [1.165, 1.54) is 5.56 Å². The largest absolute Gasteiger partial charge is 0.497 e. The highest BCUT2D eigenvalue weighted by Crippen LogP contribution is 2.24. The summed E-state index contributed by atoms with van der Waals surface area (Å²) in [6.07, 6.45) is 5.55. The average molecular weight is 703 g/mol. The summed E-state index contributed by atoms with van der Waals surface area (Å²) in [5.41, 5.74) is 14.4. The lowest BCUT2D eigenvalue weighted by atomic mass is 9.99. The van der Waals surface area contributed by atoms with Crippen LogP contribution in [0.2, 0.25) is 5.15 Å². The van der Waals surface area contributed by atoms with Crippen molar-refractivity contribution in [1.29, 1.82) is 0 Å². The third-order valence-electron chi connectivity index (χ3n) is 8.68. The number of quaternary nitrogens is 1. The highest BCUT2D eigenvalue weighted by molar-refractivity contribution is 7.85. The van der Waals surface area contributed by atoms with E-state index in [1.807, 2.05) is 24.3 Å². The Kier molecular flexibility index (Phi) is 13.0. The summed E-state index contributed by atoms with van der Waals surface area (Å²) in [5, 5.41) is 5.73. The van der Waals surface area contributed by atoms with Gasteiger partial charge >= 0.3 is 0 Å². The molecule has 4 rings (SSSR count). The topological polar surface area (TPSA) is 200 Å². The molecule has 0 radical (unpaired) electrons. The first kappa shape index (κ1) is 36.8. The number of carbonyl (C=O) groups is 2. The number of hydrogen-bond donors (Lipinski definition) is 5. The van der Waals surface area contributed by atoms with Crippen molar-refractivity contribution < 1.29 is 31.8 Å². The maximum Gasteiger partial charge on any atom is 0.274 e. The Morgan fingerprint density at radius 1 is 0.958 bits per heavy atom. The van der Waals surface area contributed by atoms with Crippen LogP contribution in [0, 0.1) is 0 Å². The maximum absolute atomic E-state index is 13.2. The Hall–Kier alpha value is -3.98. The number of nitrogen functional groups attached to an aromatic ring is 2. The van der Waals surface area contributed by atoms with E-state index in [0.29, 0.717) is 5.56 Å². The van der Waals surface area contributed by atoms with Gasteiger partial charge in [-0.05, 0) is 67.5 Å². The van der Waals surface area contributed by atoms with Gasteiger partial charge in [0.2, 0.25) is 0 Å². The van der Waals surface area contributed by atoms with Crippen molar-refractivity contribution in [2.24, 2.45) is 0 Å². The van der Waals surface area contributed by atoms with Crippen LogP contribution in [-0.4, -0.2) is 90.9 Å². The first-order valence-corrected chi connectivity index (χ1v) is 18.0. The second-order valence-electron chi connectivity index (χ2n) is 12.3. The molecule has 1 aliphatic rings. The van der Waals surface area contributed by atoms with Crippen molar-refractivity contribution >= 4 is 45.2 Å². The second kappa shape index (κ2) is 16.9. The van der Waals surface area contributed by atoms with Gasteiger partial charge in [-0.25, -0.2) is 9.97 Å². The third-order valence-corrected chi connectivity index (χ3v) is 9.77. The molecule has 2 amide bonds. The molecule has 1 aliphatic heterocycles. The molecule has 7 N–H and O–H groups in total. The van der Waals surface area contributed by atoms with Gasteiger partial charge < -0.3 is 31.3 Å². The number of anilines is 2. The fraction of sp³-hybridized carbons (Fsp3) is 0.455. The highest BCUT2D eigenvalue weighted by Gasteiger charge is 2.35. The summed E-state index contributed by atoms with van der Waals surface area (Å²) < 4.78 is 36.7. The molecule has 0 saturated carbocycles. The average Bonchev–Trinajstić information content (AvgIpc) is 3.05. The zero-order valence-electron chi connectivity index (χ0n) is 27.2. The minimum Gasteiger partial charge on any atom is -0.497 e. The summed E-state index contributed by atoms with van der Waals surface area (Å²) in [6.45, 7) is 3.78. The van der Waals surface area contributed by atoms with Crippen molar-refractivity contribution in [2.75, 3.05) is 57.1 Å². The van der Waals surface area contributed by atoms with Crippen molar-refractivity contribution in [3.8, 4) is 5.75 Å². The summed E-state index contributed by atoms with van der Waals surface area (Å²) in [7, 11) is -2.40. The monoisotopic (exact) mass is 702 g/mol. The van der Waals surface area contributed by atoms with E-state index in [-0.39, 0.29) is 47.4 Å². The molecule has 1 saturated heterocycles. The highest BCUT2D eigenvalue weighted by atomic mass is 35.5. The SMILES string of the molecule is COc1ccc(CCC[N+]2(CCCc3ccc(C(=O)NCCCS(=O)(=O)O)cc3)CCCC(NC(=O)c3nc(Cl)c(N)nc3N)C2)cc1. The molecule has 260 valence electrons. The molecule has 0 spiro atoms. The number of halogens is 1. The van der Waals surface area contributed by atoms with E-state index in [4.69, 9.17) is 32.4 Å². The number of methoxy groups -OCH3 is 1. The van der Waals surface area contributed by atoms with Gasteiger partial charge in [0.25, 0.3) is 21.9 Å². The van der Waals surface area contributed by atoms with Gasteiger partial charge in [-0.2, -0.15) is 8.42 Å². The lowest BCUT2D eigenvalue weighted by Gasteiger charge is -2.45. The van der Waals surface area contributed by atoms with Crippen LogP contribution in [0.1, 0.15) is 64.1 Å². The number of benzene rings is 2. The van der Waals surface area contributed by atoms with Crippen LogP contribution in [0.4, 0.5) is 11.6 Å². The maximum atomic E-state index is 13.2. The number of ether oxygens (including phenoxy) is 1. The van der Waals surface area contributed by atoms with Crippen molar-refractivity contribution in [1.82, 2.24) is 20.6 Å². The number of hydrogen-bond acceptors (Lipinski definition) is 9. The van der Waals surface area contributed by atoms with E-state index in [9.17, 15) is 18.0 Å². The first-order valence-electron chi connectivity index (χ1n) is 16.1. The number of nitrogens with one attached hydrogen (secondary N) is 2. The van der Waals surface area contributed by atoms with E-state index in [1.54, 1.807) is 19.2 Å². The normalized spacial score (nSPS) is 17.9. The van der Waals surface area contributed by atoms with Gasteiger partial charge in [-0.1, -0.05) is 35.9 Å². The molecular weight excluding hydrogens is 658 g/mol. The van der Waals surface area contributed by atoms with E-state index >= 15 is 0 Å². The number of nitrogens with zero attached hydrogens (tertiary/aromatic N) is 3. The van der Waals surface area contributed by atoms with Gasteiger partial charge in [-0.15, -0.1) is 0 Å². The first-order chi connectivity index (χ1) is 22.9. The number of likely N-dealkylation sites (tertiary alicyclic amines) is 1. The predicted octanol–water partition coefficient (Wildman–Crippen LogP) is 3.29. The molecule has 15 heteroatoms. The molecule has 2 heterocycles. The van der Waals surface area contributed by atoms with Gasteiger partial charge in [0.1, 0.15) is 5.75 Å². The molecule has 2 unspecified atom stereocenters. The van der Waals surface area contributed by atoms with Crippen LogP contribution < -0.4 is 26.8 Å². The summed E-state index contributed by atoms with van der Waals surface area (Å²) in [5.74, 6) is -0.384. The fourth-order valence-corrected chi connectivity index (χ4v) is 6.87. The van der Waals surface area contributed by atoms with Crippen molar-refractivity contribution in [2.45, 2.75) is 51.0 Å². The van der Waals surface area contributed by atoms with E-state index in [2.05, 4.69) is 32.7 Å². The number of nitrogens with two attached hydrogens (primary N) is 2. The Bertz CT molecular complexity index is 1660. The number of aryl methyl sites for hydroxylation is 2. The molecule has 3 aromatic rings. The molecule has 2 atom stereocenters. The molecular formula is C33H45ClN7O6S+. The number of amides is 2. The summed E-state index contributed by atoms with van der Waals surface area (Å²) >= 11 is 6.02. The minimum absolute atomic E-state index is 0.0254. The molecule has 48 heavy (non-hydrogen) atoms. The third kappa shape index (κ3) is 11.0. The lowest BCUT2D eigenvalue weighted by Crippen LogP contribution is -2.60. The quantitative estimate of drug-likeness (QED) is 0.0838. The number of rotatable bonds is 16. The van der Waals surface area contributed by atoms with Crippen LogP contribution in [0.15, 0.2) is 48.5 Å². The van der Waals surface area contributed by atoms with Crippen LogP contribution in [0.5, 0.6) is 5.75 Å². The van der Waals surface area contributed by atoms with Crippen LogP contribution >= 0.6 is 11.6 Å².